The van der Waals surface area contributed by atoms with E-state index in [1.165, 1.54) is 6.92 Å². The third-order valence-corrected chi connectivity index (χ3v) is 5.52. The molecule has 3 aliphatic rings. The minimum atomic E-state index is -1.50. The molecule has 0 bridgehead atoms. The molecule has 3 aliphatic heterocycles. The molecule has 6 nitrogen and oxygen atoms in total. The molecule has 0 aromatic rings. The van der Waals surface area contributed by atoms with E-state index in [1.54, 1.807) is 13.8 Å². The van der Waals surface area contributed by atoms with Crippen LogP contribution in [0.4, 0.5) is 0 Å². The lowest BCUT2D eigenvalue weighted by Crippen LogP contribution is -2.48. The van der Waals surface area contributed by atoms with Gasteiger partial charge in [-0.25, -0.2) is 0 Å². The van der Waals surface area contributed by atoms with Crippen molar-refractivity contribution in [3.63, 3.8) is 0 Å². The fraction of sp³-hybridized carbons (Fsp3) is 0.750. The van der Waals surface area contributed by atoms with Gasteiger partial charge in [0.25, 0.3) is 0 Å². The Morgan fingerprint density at radius 3 is 2.68 bits per heavy atom. The normalized spacial score (nSPS) is 43.0. The molecule has 0 aromatic carbocycles. The van der Waals surface area contributed by atoms with Gasteiger partial charge < -0.3 is 14.6 Å². The van der Waals surface area contributed by atoms with Crippen LogP contribution in [-0.4, -0.2) is 59.4 Å². The van der Waals surface area contributed by atoms with Gasteiger partial charge in [0, 0.05) is 13.1 Å². The number of nitrogens with zero attached hydrogens (tertiary/aromatic N) is 1. The van der Waals surface area contributed by atoms with Crippen molar-refractivity contribution in [1.82, 2.24) is 4.90 Å². The number of cyclic esters (lactones) is 1. The van der Waals surface area contributed by atoms with E-state index in [2.05, 4.69) is 4.90 Å². The van der Waals surface area contributed by atoms with Crippen LogP contribution in [-0.2, 0) is 19.1 Å². The maximum atomic E-state index is 12.4. The zero-order valence-corrected chi connectivity index (χ0v) is 13.2. The van der Waals surface area contributed by atoms with Crippen molar-refractivity contribution in [3.8, 4) is 0 Å². The lowest BCUT2D eigenvalue weighted by atomic mass is 9.80. The fourth-order valence-corrected chi connectivity index (χ4v) is 3.51. The van der Waals surface area contributed by atoms with Crippen molar-refractivity contribution in [1.29, 1.82) is 0 Å². The van der Waals surface area contributed by atoms with Gasteiger partial charge in [0.2, 0.25) is 0 Å². The van der Waals surface area contributed by atoms with E-state index in [-0.39, 0.29) is 18.8 Å². The van der Waals surface area contributed by atoms with Crippen molar-refractivity contribution in [2.75, 3.05) is 19.7 Å². The Kier molecular flexibility index (Phi) is 3.77. The average molecular weight is 309 g/mol. The monoisotopic (exact) mass is 309 g/mol. The number of hydrogen-bond donors (Lipinski definition) is 1. The smallest absolute Gasteiger partial charge is 0.311 e. The molecule has 2 unspecified atom stereocenters. The van der Waals surface area contributed by atoms with Gasteiger partial charge >= 0.3 is 11.9 Å². The van der Waals surface area contributed by atoms with Crippen LogP contribution < -0.4 is 0 Å². The number of ether oxygens (including phenoxy) is 2. The van der Waals surface area contributed by atoms with Gasteiger partial charge in [-0.15, -0.1) is 0 Å². The third-order valence-electron chi connectivity index (χ3n) is 5.52. The highest BCUT2D eigenvalue weighted by Gasteiger charge is 2.48. The zero-order valence-electron chi connectivity index (χ0n) is 13.2. The van der Waals surface area contributed by atoms with Crippen LogP contribution in [0.25, 0.3) is 0 Å². The molecule has 3 rings (SSSR count). The molecule has 122 valence electrons. The second-order valence-corrected chi connectivity index (χ2v) is 6.76. The van der Waals surface area contributed by atoms with Gasteiger partial charge in [0.1, 0.15) is 12.7 Å². The largest absolute Gasteiger partial charge is 0.461 e. The lowest BCUT2D eigenvalue weighted by molar-refractivity contribution is -0.171. The molecule has 1 N–H and O–H groups in total. The molecule has 5 atom stereocenters. The predicted molar refractivity (Wildman–Crippen MR) is 77.9 cm³/mol. The molecular weight excluding hydrogens is 286 g/mol. The summed E-state index contributed by atoms with van der Waals surface area (Å²) in [5, 5.41) is 10.6. The Morgan fingerprint density at radius 2 is 1.95 bits per heavy atom. The molecule has 2 saturated heterocycles. The Hall–Kier alpha value is -1.40. The topological polar surface area (TPSA) is 76.1 Å². The summed E-state index contributed by atoms with van der Waals surface area (Å²) in [7, 11) is 0. The van der Waals surface area contributed by atoms with Gasteiger partial charge in [0.05, 0.1) is 23.5 Å². The minimum absolute atomic E-state index is 0.00213. The van der Waals surface area contributed by atoms with Crippen LogP contribution >= 0.6 is 0 Å². The number of rotatable bonds is 0. The van der Waals surface area contributed by atoms with Crippen molar-refractivity contribution >= 4 is 11.9 Å². The standard InChI is InChI=1S/C16H23NO5/c1-9-14(18)21-8-11-4-6-17-7-5-12(13(11)17)22-15(19)10(2)16(9,3)20/h4,9-10,12-13,20H,5-8H2,1-3H3/t9?,10-,12+,13+,16?/m0/s1. The molecule has 0 spiro atoms. The van der Waals surface area contributed by atoms with E-state index < -0.39 is 29.4 Å². The van der Waals surface area contributed by atoms with Crippen molar-refractivity contribution < 1.29 is 24.2 Å². The first-order chi connectivity index (χ1) is 10.3. The van der Waals surface area contributed by atoms with Crippen molar-refractivity contribution in [2.45, 2.75) is 44.9 Å². The summed E-state index contributed by atoms with van der Waals surface area (Å²) >= 11 is 0. The maximum Gasteiger partial charge on any atom is 0.311 e. The van der Waals surface area contributed by atoms with Gasteiger partial charge in [0.15, 0.2) is 0 Å². The number of aliphatic hydroxyl groups is 1. The molecule has 0 radical (unpaired) electrons. The summed E-state index contributed by atoms with van der Waals surface area (Å²) in [6.45, 7) is 6.53. The highest BCUT2D eigenvalue weighted by Crippen LogP contribution is 2.35. The fourth-order valence-electron chi connectivity index (χ4n) is 3.51. The highest BCUT2D eigenvalue weighted by molar-refractivity contribution is 5.78. The minimum Gasteiger partial charge on any atom is -0.461 e. The SMILES string of the molecule is CC1C(=O)OCC2=CCN3CC[C@@H](OC(=O)[C@H](C)C1(C)O)[C@@H]23. The number of carbonyl (C=O) groups excluding carboxylic acids is 2. The lowest BCUT2D eigenvalue weighted by Gasteiger charge is -2.33. The summed E-state index contributed by atoms with van der Waals surface area (Å²) < 4.78 is 11.1. The summed E-state index contributed by atoms with van der Waals surface area (Å²) in [5.41, 5.74) is -0.509. The molecule has 0 amide bonds. The van der Waals surface area contributed by atoms with Crippen molar-refractivity contribution in [3.05, 3.63) is 11.6 Å². The van der Waals surface area contributed by atoms with E-state index in [1.807, 2.05) is 6.08 Å². The Morgan fingerprint density at radius 1 is 1.27 bits per heavy atom. The van der Waals surface area contributed by atoms with Gasteiger partial charge in [-0.3, -0.25) is 14.5 Å². The molecule has 6 heteroatoms. The Labute approximate surface area is 130 Å². The Bertz CT molecular complexity index is 527. The van der Waals surface area contributed by atoms with Gasteiger partial charge in [-0.1, -0.05) is 6.08 Å². The first-order valence-corrected chi connectivity index (χ1v) is 7.85. The molecule has 0 aliphatic carbocycles. The van der Waals surface area contributed by atoms with Crippen LogP contribution in [0.5, 0.6) is 0 Å². The Balaban J connectivity index is 1.92. The first kappa shape index (κ1) is 15.5. The van der Waals surface area contributed by atoms with Crippen LogP contribution in [0.15, 0.2) is 11.6 Å². The highest BCUT2D eigenvalue weighted by atomic mass is 16.6. The van der Waals surface area contributed by atoms with Gasteiger partial charge in [-0.2, -0.15) is 0 Å². The number of hydrogen-bond acceptors (Lipinski definition) is 6. The summed E-state index contributed by atoms with van der Waals surface area (Å²) in [6.07, 6.45) is 2.58. The molecule has 22 heavy (non-hydrogen) atoms. The van der Waals surface area contributed by atoms with E-state index in [9.17, 15) is 14.7 Å². The van der Waals surface area contributed by atoms with Crippen LogP contribution in [0, 0.1) is 11.8 Å². The molecule has 2 fully saturated rings. The number of esters is 2. The second kappa shape index (κ2) is 5.35. The average Bonchev–Trinajstić information content (AvgIpc) is 3.05. The van der Waals surface area contributed by atoms with Crippen molar-refractivity contribution in [2.24, 2.45) is 11.8 Å². The summed E-state index contributed by atoms with van der Waals surface area (Å²) in [4.78, 5) is 26.8. The molecular formula is C16H23NO5. The van der Waals surface area contributed by atoms with Crippen LogP contribution in [0.3, 0.4) is 0 Å². The predicted octanol–water partition coefficient (Wildman–Crippen LogP) is 0.492. The maximum absolute atomic E-state index is 12.4. The molecule has 3 heterocycles. The summed E-state index contributed by atoms with van der Waals surface area (Å²) in [6, 6.07) is 0.00213. The second-order valence-electron chi connectivity index (χ2n) is 6.76. The van der Waals surface area contributed by atoms with Gasteiger partial charge in [-0.05, 0) is 32.8 Å². The first-order valence-electron chi connectivity index (χ1n) is 7.85. The summed E-state index contributed by atoms with van der Waals surface area (Å²) in [5.74, 6) is -2.53. The van der Waals surface area contributed by atoms with E-state index >= 15 is 0 Å². The van der Waals surface area contributed by atoms with Crippen LogP contribution in [0.1, 0.15) is 27.2 Å². The third kappa shape index (κ3) is 2.34. The van der Waals surface area contributed by atoms with Crippen LogP contribution in [0.2, 0.25) is 0 Å². The molecule has 0 saturated carbocycles. The molecule has 0 aromatic heterocycles. The van der Waals surface area contributed by atoms with E-state index in [0.717, 1.165) is 25.1 Å². The van der Waals surface area contributed by atoms with E-state index in [4.69, 9.17) is 9.47 Å². The van der Waals surface area contributed by atoms with E-state index in [0.29, 0.717) is 0 Å². The number of carbonyl (C=O) groups is 2. The zero-order chi connectivity index (χ0) is 16.1. The quantitative estimate of drug-likeness (QED) is 0.518.